The van der Waals surface area contributed by atoms with Crippen LogP contribution in [0.1, 0.15) is 36.1 Å². The molecule has 3 heteroatoms. The average Bonchev–Trinajstić information content (AvgIpc) is 2.02. The Morgan fingerprint density at radius 3 is 1.47 bits per heavy atom. The first-order chi connectivity index (χ1) is 5.60. The van der Waals surface area contributed by atoms with E-state index in [0.29, 0.717) is 0 Å². The average molecular weight is 221 g/mol. The van der Waals surface area contributed by atoms with Crippen LogP contribution in [-0.2, 0) is 0 Å². The first-order valence-electron chi connectivity index (χ1n) is 4.65. The van der Waals surface area contributed by atoms with E-state index in [1.54, 1.807) is 0 Å². The van der Waals surface area contributed by atoms with Crippen molar-refractivity contribution >= 4 is 0 Å². The fourth-order valence-corrected chi connectivity index (χ4v) is 1.09. The Kier molecular flexibility index (Phi) is 22.4. The van der Waals surface area contributed by atoms with Gasteiger partial charge in [-0.15, -0.1) is 0 Å². The van der Waals surface area contributed by atoms with E-state index in [2.05, 4.69) is 49.7 Å². The molecule has 15 heavy (non-hydrogen) atoms. The SMILES string of the molecule is C.C.C.CCN(C)CN(CC)CN(C)C. The van der Waals surface area contributed by atoms with Crippen molar-refractivity contribution in [3.05, 3.63) is 0 Å². The standard InChI is InChI=1S/C9H23N3.3CH4/c1-6-11(5)9-12(7-2)8-10(3)4;;;/h6-9H2,1-5H3;3*1H4. The Morgan fingerprint density at radius 2 is 1.20 bits per heavy atom. The van der Waals surface area contributed by atoms with Crippen LogP contribution in [0.2, 0.25) is 0 Å². The summed E-state index contributed by atoms with van der Waals surface area (Å²) in [6.07, 6.45) is 0. The van der Waals surface area contributed by atoms with E-state index in [9.17, 15) is 0 Å². The molecule has 0 bridgehead atoms. The summed E-state index contributed by atoms with van der Waals surface area (Å²) >= 11 is 0. The molecule has 0 aliphatic rings. The third-order valence-corrected chi connectivity index (χ3v) is 1.91. The second-order valence-electron chi connectivity index (χ2n) is 3.52. The summed E-state index contributed by atoms with van der Waals surface area (Å²) in [7, 11) is 6.36. The highest BCUT2D eigenvalue weighted by Crippen LogP contribution is 1.92. The van der Waals surface area contributed by atoms with Crippen LogP contribution in [-0.4, -0.2) is 62.3 Å². The molecule has 0 amide bonds. The Morgan fingerprint density at radius 1 is 0.733 bits per heavy atom. The number of hydrogen-bond donors (Lipinski definition) is 0. The minimum atomic E-state index is 0. The van der Waals surface area contributed by atoms with Crippen molar-refractivity contribution in [2.45, 2.75) is 36.1 Å². The minimum absolute atomic E-state index is 0. The van der Waals surface area contributed by atoms with Gasteiger partial charge >= 0.3 is 0 Å². The smallest absolute Gasteiger partial charge is 0.0515 e. The third-order valence-electron chi connectivity index (χ3n) is 1.91. The van der Waals surface area contributed by atoms with Crippen LogP contribution in [0, 0.1) is 0 Å². The first-order valence-corrected chi connectivity index (χ1v) is 4.65. The molecule has 0 rings (SSSR count). The van der Waals surface area contributed by atoms with E-state index in [0.717, 1.165) is 26.4 Å². The third kappa shape index (κ3) is 13.9. The van der Waals surface area contributed by atoms with Crippen LogP contribution in [0.4, 0.5) is 0 Å². The molecular weight excluding hydrogens is 186 g/mol. The van der Waals surface area contributed by atoms with Gasteiger partial charge in [0, 0.05) is 0 Å². The summed E-state index contributed by atoms with van der Waals surface area (Å²) in [5.74, 6) is 0. The lowest BCUT2D eigenvalue weighted by molar-refractivity contribution is 0.114. The van der Waals surface area contributed by atoms with Gasteiger partial charge in [0.05, 0.1) is 13.3 Å². The van der Waals surface area contributed by atoms with E-state index >= 15 is 0 Å². The Labute approximate surface area is 99.1 Å². The molecule has 0 N–H and O–H groups in total. The van der Waals surface area contributed by atoms with Crippen molar-refractivity contribution in [2.75, 3.05) is 47.6 Å². The van der Waals surface area contributed by atoms with Crippen molar-refractivity contribution in [1.82, 2.24) is 14.7 Å². The molecule has 98 valence electrons. The number of rotatable bonds is 6. The lowest BCUT2D eigenvalue weighted by atomic mass is 10.5. The number of hydrogen-bond acceptors (Lipinski definition) is 3. The zero-order valence-electron chi connectivity index (χ0n) is 9.17. The van der Waals surface area contributed by atoms with Crippen LogP contribution in [0.15, 0.2) is 0 Å². The maximum absolute atomic E-state index is 2.41. The molecule has 0 aromatic heterocycles. The molecule has 0 fully saturated rings. The Hall–Kier alpha value is -0.120. The molecule has 0 aromatic rings. The van der Waals surface area contributed by atoms with Crippen LogP contribution < -0.4 is 0 Å². The van der Waals surface area contributed by atoms with Gasteiger partial charge in [0.1, 0.15) is 0 Å². The molecular formula is C12H35N3. The fraction of sp³-hybridized carbons (Fsp3) is 1.00. The molecule has 0 saturated heterocycles. The van der Waals surface area contributed by atoms with Gasteiger partial charge in [-0.3, -0.25) is 14.7 Å². The van der Waals surface area contributed by atoms with Crippen molar-refractivity contribution in [3.63, 3.8) is 0 Å². The molecule has 0 saturated carbocycles. The quantitative estimate of drug-likeness (QED) is 0.639. The van der Waals surface area contributed by atoms with Crippen LogP contribution in [0.25, 0.3) is 0 Å². The Bertz CT molecular complexity index is 105. The lowest BCUT2D eigenvalue weighted by Gasteiger charge is -2.28. The molecule has 0 aromatic carbocycles. The largest absolute Gasteiger partial charge is 0.297 e. The van der Waals surface area contributed by atoms with Crippen molar-refractivity contribution in [2.24, 2.45) is 0 Å². The van der Waals surface area contributed by atoms with Crippen LogP contribution in [0.3, 0.4) is 0 Å². The molecule has 0 aliphatic heterocycles. The molecule has 3 nitrogen and oxygen atoms in total. The molecule has 0 aliphatic carbocycles. The van der Waals surface area contributed by atoms with Gasteiger partial charge in [-0.2, -0.15) is 0 Å². The second-order valence-corrected chi connectivity index (χ2v) is 3.52. The van der Waals surface area contributed by atoms with Gasteiger partial charge in [-0.05, 0) is 34.2 Å². The predicted molar refractivity (Wildman–Crippen MR) is 74.3 cm³/mol. The zero-order valence-corrected chi connectivity index (χ0v) is 9.17. The van der Waals surface area contributed by atoms with Crippen molar-refractivity contribution < 1.29 is 0 Å². The normalized spacial score (nSPS) is 9.60. The molecule has 0 spiro atoms. The molecule has 0 unspecified atom stereocenters. The van der Waals surface area contributed by atoms with Gasteiger partial charge in [0.2, 0.25) is 0 Å². The maximum atomic E-state index is 2.41. The van der Waals surface area contributed by atoms with Gasteiger partial charge in [0.25, 0.3) is 0 Å². The highest BCUT2D eigenvalue weighted by Gasteiger charge is 2.04. The first kappa shape index (κ1) is 24.2. The summed E-state index contributed by atoms with van der Waals surface area (Å²) in [5.41, 5.74) is 0. The van der Waals surface area contributed by atoms with E-state index in [-0.39, 0.29) is 22.3 Å². The molecule has 0 radical (unpaired) electrons. The fourth-order valence-electron chi connectivity index (χ4n) is 1.09. The van der Waals surface area contributed by atoms with Gasteiger partial charge in [0.15, 0.2) is 0 Å². The summed E-state index contributed by atoms with van der Waals surface area (Å²) in [6.45, 7) is 8.72. The predicted octanol–water partition coefficient (Wildman–Crippen LogP) is 2.64. The summed E-state index contributed by atoms with van der Waals surface area (Å²) in [4.78, 5) is 6.92. The lowest BCUT2D eigenvalue weighted by Crippen LogP contribution is -2.40. The van der Waals surface area contributed by atoms with Gasteiger partial charge < -0.3 is 0 Å². The van der Waals surface area contributed by atoms with E-state index in [4.69, 9.17) is 0 Å². The highest BCUT2D eigenvalue weighted by molar-refractivity contribution is 4.52. The Balaban J connectivity index is -0.000000202. The van der Waals surface area contributed by atoms with Crippen LogP contribution >= 0.6 is 0 Å². The topological polar surface area (TPSA) is 9.72 Å². The molecule has 0 heterocycles. The summed E-state index contributed by atoms with van der Waals surface area (Å²) in [5, 5.41) is 0. The number of nitrogens with zero attached hydrogens (tertiary/aromatic N) is 3. The van der Waals surface area contributed by atoms with Crippen molar-refractivity contribution in [1.29, 1.82) is 0 Å². The van der Waals surface area contributed by atoms with Crippen LogP contribution in [0.5, 0.6) is 0 Å². The minimum Gasteiger partial charge on any atom is -0.297 e. The highest BCUT2D eigenvalue weighted by atomic mass is 15.4. The van der Waals surface area contributed by atoms with E-state index in [1.165, 1.54) is 0 Å². The zero-order chi connectivity index (χ0) is 9.56. The summed E-state index contributed by atoms with van der Waals surface area (Å²) < 4.78 is 0. The van der Waals surface area contributed by atoms with E-state index in [1.807, 2.05) is 0 Å². The van der Waals surface area contributed by atoms with Gasteiger partial charge in [-0.1, -0.05) is 36.1 Å². The second kappa shape index (κ2) is 13.9. The van der Waals surface area contributed by atoms with E-state index < -0.39 is 0 Å². The maximum Gasteiger partial charge on any atom is 0.0515 e. The molecule has 0 atom stereocenters. The monoisotopic (exact) mass is 221 g/mol. The van der Waals surface area contributed by atoms with Crippen molar-refractivity contribution in [3.8, 4) is 0 Å². The van der Waals surface area contributed by atoms with Gasteiger partial charge in [-0.25, -0.2) is 0 Å². The summed E-state index contributed by atoms with van der Waals surface area (Å²) in [6, 6.07) is 0.